The molecule has 2 rings (SSSR count). The van der Waals surface area contributed by atoms with Gasteiger partial charge in [-0.2, -0.15) is 0 Å². The Morgan fingerprint density at radius 1 is 1.19 bits per heavy atom. The predicted octanol–water partition coefficient (Wildman–Crippen LogP) is 3.69. The molecule has 0 aliphatic heterocycles. The average Bonchev–Trinajstić information content (AvgIpc) is 2.50. The molecule has 2 aromatic rings. The predicted molar refractivity (Wildman–Crippen MR) is 84.0 cm³/mol. The summed E-state index contributed by atoms with van der Waals surface area (Å²) >= 11 is 0. The van der Waals surface area contributed by atoms with Gasteiger partial charge >= 0.3 is 0 Å². The first kappa shape index (κ1) is 15.3. The van der Waals surface area contributed by atoms with Crippen LogP contribution in [0.4, 0.5) is 0 Å². The normalized spacial score (nSPS) is 10.4. The van der Waals surface area contributed by atoms with Crippen molar-refractivity contribution in [1.82, 2.24) is 10.3 Å². The van der Waals surface area contributed by atoms with Crippen molar-refractivity contribution in [1.29, 1.82) is 0 Å². The number of hydrogen-bond donors (Lipinski definition) is 1. The fourth-order valence-corrected chi connectivity index (χ4v) is 1.98. The van der Waals surface area contributed by atoms with Crippen LogP contribution in [0.1, 0.15) is 24.6 Å². The zero-order valence-electron chi connectivity index (χ0n) is 12.8. The van der Waals surface area contributed by atoms with E-state index < -0.39 is 0 Å². The lowest BCUT2D eigenvalue weighted by molar-refractivity contribution is 0.408. The van der Waals surface area contributed by atoms with E-state index in [2.05, 4.69) is 17.2 Å². The van der Waals surface area contributed by atoms with Gasteiger partial charge in [-0.15, -0.1) is 0 Å². The van der Waals surface area contributed by atoms with Crippen molar-refractivity contribution < 1.29 is 9.47 Å². The van der Waals surface area contributed by atoms with E-state index in [4.69, 9.17) is 9.47 Å². The molecule has 112 valence electrons. The molecule has 0 saturated heterocycles. The maximum absolute atomic E-state index is 6.00. The molecule has 4 nitrogen and oxygen atoms in total. The third kappa shape index (κ3) is 4.46. The van der Waals surface area contributed by atoms with Gasteiger partial charge in [0.05, 0.1) is 7.11 Å². The van der Waals surface area contributed by atoms with Crippen LogP contribution in [-0.4, -0.2) is 18.6 Å². The topological polar surface area (TPSA) is 43.4 Å². The number of pyridine rings is 1. The van der Waals surface area contributed by atoms with Crippen molar-refractivity contribution in [2.45, 2.75) is 26.8 Å². The van der Waals surface area contributed by atoms with Crippen LogP contribution in [0.15, 0.2) is 36.5 Å². The van der Waals surface area contributed by atoms with Gasteiger partial charge in [-0.1, -0.05) is 13.0 Å². The van der Waals surface area contributed by atoms with E-state index in [1.807, 2.05) is 43.5 Å². The molecule has 0 radical (unpaired) electrons. The van der Waals surface area contributed by atoms with Gasteiger partial charge in [0, 0.05) is 36.1 Å². The third-order valence-corrected chi connectivity index (χ3v) is 3.09. The summed E-state index contributed by atoms with van der Waals surface area (Å²) in [5.74, 6) is 2.37. The smallest absolute Gasteiger partial charge is 0.135 e. The van der Waals surface area contributed by atoms with Gasteiger partial charge in [-0.25, -0.2) is 0 Å². The van der Waals surface area contributed by atoms with Crippen LogP contribution in [0.25, 0.3) is 0 Å². The number of benzene rings is 1. The number of aryl methyl sites for hydroxylation is 1. The first-order chi connectivity index (χ1) is 10.2. The van der Waals surface area contributed by atoms with Crippen LogP contribution in [-0.2, 0) is 6.54 Å². The maximum atomic E-state index is 6.00. The Hall–Kier alpha value is -2.07. The largest absolute Gasteiger partial charge is 0.497 e. The van der Waals surface area contributed by atoms with Crippen molar-refractivity contribution in [3.63, 3.8) is 0 Å². The van der Waals surface area contributed by atoms with Crippen molar-refractivity contribution >= 4 is 0 Å². The quantitative estimate of drug-likeness (QED) is 0.788. The number of ether oxygens (including phenoxy) is 2. The Labute approximate surface area is 126 Å². The fraction of sp³-hybridized carbons (Fsp3) is 0.353. The van der Waals surface area contributed by atoms with E-state index >= 15 is 0 Å². The Bertz CT molecular complexity index is 585. The molecule has 0 aliphatic carbocycles. The van der Waals surface area contributed by atoms with Crippen LogP contribution in [0.5, 0.6) is 17.2 Å². The van der Waals surface area contributed by atoms with Gasteiger partial charge in [0.1, 0.15) is 17.2 Å². The molecule has 0 atom stereocenters. The van der Waals surface area contributed by atoms with E-state index in [9.17, 15) is 0 Å². The number of aromatic nitrogens is 1. The van der Waals surface area contributed by atoms with Crippen molar-refractivity contribution in [2.75, 3.05) is 13.7 Å². The first-order valence-corrected chi connectivity index (χ1v) is 7.21. The summed E-state index contributed by atoms with van der Waals surface area (Å²) in [5.41, 5.74) is 1.99. The number of methoxy groups -OCH3 is 1. The Balaban J connectivity index is 2.18. The van der Waals surface area contributed by atoms with Gasteiger partial charge in [0.15, 0.2) is 0 Å². The van der Waals surface area contributed by atoms with Crippen molar-refractivity contribution in [3.05, 3.63) is 47.8 Å². The summed E-state index contributed by atoms with van der Waals surface area (Å²) in [4.78, 5) is 4.35. The zero-order chi connectivity index (χ0) is 15.1. The summed E-state index contributed by atoms with van der Waals surface area (Å²) < 4.78 is 11.2. The molecule has 0 fully saturated rings. The highest BCUT2D eigenvalue weighted by Crippen LogP contribution is 2.28. The molecule has 0 amide bonds. The highest BCUT2D eigenvalue weighted by atomic mass is 16.5. The molecule has 21 heavy (non-hydrogen) atoms. The van der Waals surface area contributed by atoms with Crippen LogP contribution in [0, 0.1) is 6.92 Å². The number of nitrogens with zero attached hydrogens (tertiary/aromatic N) is 1. The van der Waals surface area contributed by atoms with Crippen LogP contribution in [0.3, 0.4) is 0 Å². The maximum Gasteiger partial charge on any atom is 0.135 e. The lowest BCUT2D eigenvalue weighted by atomic mass is 10.2. The summed E-state index contributed by atoms with van der Waals surface area (Å²) in [6.07, 6.45) is 2.97. The second-order valence-electron chi connectivity index (χ2n) is 4.89. The second kappa shape index (κ2) is 7.64. The SMILES string of the molecule is CCCNCc1cnc(C)cc1Oc1cccc(OC)c1. The Morgan fingerprint density at radius 3 is 2.76 bits per heavy atom. The van der Waals surface area contributed by atoms with Crippen LogP contribution in [0.2, 0.25) is 0 Å². The number of nitrogens with one attached hydrogen (secondary N) is 1. The monoisotopic (exact) mass is 286 g/mol. The van der Waals surface area contributed by atoms with Gasteiger partial charge in [0.2, 0.25) is 0 Å². The summed E-state index contributed by atoms with van der Waals surface area (Å²) in [5, 5.41) is 3.37. The Kier molecular flexibility index (Phi) is 5.58. The van der Waals surface area contributed by atoms with Crippen LogP contribution < -0.4 is 14.8 Å². The van der Waals surface area contributed by atoms with E-state index in [0.29, 0.717) is 0 Å². The van der Waals surface area contributed by atoms with Gasteiger partial charge < -0.3 is 14.8 Å². The number of hydrogen-bond acceptors (Lipinski definition) is 4. The van der Waals surface area contributed by atoms with E-state index in [1.165, 1.54) is 0 Å². The highest BCUT2D eigenvalue weighted by Gasteiger charge is 2.07. The molecule has 0 saturated carbocycles. The summed E-state index contributed by atoms with van der Waals surface area (Å²) in [6, 6.07) is 9.56. The van der Waals surface area contributed by atoms with Gasteiger partial charge in [-0.05, 0) is 32.0 Å². The molecule has 0 spiro atoms. The third-order valence-electron chi connectivity index (χ3n) is 3.09. The fourth-order valence-electron chi connectivity index (χ4n) is 1.98. The molecule has 1 N–H and O–H groups in total. The highest BCUT2D eigenvalue weighted by molar-refractivity contribution is 5.40. The van der Waals surface area contributed by atoms with Crippen LogP contribution >= 0.6 is 0 Å². The zero-order valence-corrected chi connectivity index (χ0v) is 12.8. The lowest BCUT2D eigenvalue weighted by Gasteiger charge is -2.13. The van der Waals surface area contributed by atoms with E-state index in [-0.39, 0.29) is 0 Å². The van der Waals surface area contributed by atoms with Gasteiger partial charge in [0.25, 0.3) is 0 Å². The average molecular weight is 286 g/mol. The molecular weight excluding hydrogens is 264 g/mol. The Morgan fingerprint density at radius 2 is 2.00 bits per heavy atom. The van der Waals surface area contributed by atoms with E-state index in [1.54, 1.807) is 7.11 Å². The van der Waals surface area contributed by atoms with Gasteiger partial charge in [-0.3, -0.25) is 4.98 Å². The minimum absolute atomic E-state index is 0.750. The molecular formula is C17H22N2O2. The summed E-state index contributed by atoms with van der Waals surface area (Å²) in [7, 11) is 1.65. The molecule has 0 bridgehead atoms. The molecule has 1 aromatic carbocycles. The molecule has 1 heterocycles. The minimum Gasteiger partial charge on any atom is -0.497 e. The lowest BCUT2D eigenvalue weighted by Crippen LogP contribution is -2.14. The molecule has 0 unspecified atom stereocenters. The standard InChI is InChI=1S/C17H22N2O2/c1-4-8-18-11-14-12-19-13(2)9-17(14)21-16-7-5-6-15(10-16)20-3/h5-7,9-10,12,18H,4,8,11H2,1-3H3. The van der Waals surface area contributed by atoms with Crippen molar-refractivity contribution in [3.8, 4) is 17.2 Å². The molecule has 0 aliphatic rings. The first-order valence-electron chi connectivity index (χ1n) is 7.21. The molecule has 1 aromatic heterocycles. The van der Waals surface area contributed by atoms with E-state index in [0.717, 1.165) is 48.0 Å². The minimum atomic E-state index is 0.750. The summed E-state index contributed by atoms with van der Waals surface area (Å²) in [6.45, 7) is 5.84. The van der Waals surface area contributed by atoms with Crippen molar-refractivity contribution in [2.24, 2.45) is 0 Å². The molecule has 4 heteroatoms. The second-order valence-corrected chi connectivity index (χ2v) is 4.89. The number of rotatable bonds is 7.